The van der Waals surface area contributed by atoms with Crippen LogP contribution in [0.5, 0.6) is 0 Å². The summed E-state index contributed by atoms with van der Waals surface area (Å²) in [5.74, 6) is -2.14. The molecule has 0 radical (unpaired) electrons. The first-order valence-electron chi connectivity index (χ1n) is 15.3. The Morgan fingerprint density at radius 3 is 2.40 bits per heavy atom. The van der Waals surface area contributed by atoms with E-state index in [1.807, 2.05) is 0 Å². The Balaban J connectivity index is 1.17. The molecule has 14 nitrogen and oxygen atoms in total. The van der Waals surface area contributed by atoms with Crippen LogP contribution in [0, 0.1) is 0 Å². The third-order valence-electron chi connectivity index (χ3n) is 7.95. The number of fused-ring (bicyclic) bond motifs is 1. The summed E-state index contributed by atoms with van der Waals surface area (Å²) in [6.45, 7) is 6.94. The molecule has 4 rings (SSSR count). The third kappa shape index (κ3) is 8.45. The summed E-state index contributed by atoms with van der Waals surface area (Å²) < 4.78 is 39.8. The first-order valence-corrected chi connectivity index (χ1v) is 16.7. The van der Waals surface area contributed by atoms with Crippen molar-refractivity contribution in [3.63, 3.8) is 0 Å². The minimum Gasteiger partial charge on any atom is -0.444 e. The lowest BCUT2D eigenvalue weighted by molar-refractivity contribution is -0.136. The van der Waals surface area contributed by atoms with E-state index in [2.05, 4.69) is 10.6 Å². The highest BCUT2D eigenvalue weighted by atomic mass is 32.2. The van der Waals surface area contributed by atoms with Crippen LogP contribution in [0.15, 0.2) is 18.2 Å². The Hall–Kier alpha value is -3.40. The van der Waals surface area contributed by atoms with Crippen molar-refractivity contribution in [3.05, 3.63) is 34.9 Å². The zero-order valence-electron chi connectivity index (χ0n) is 26.3. The summed E-state index contributed by atoms with van der Waals surface area (Å²) >= 11 is 0. The van der Waals surface area contributed by atoms with Crippen LogP contribution < -0.4 is 10.6 Å². The van der Waals surface area contributed by atoms with Gasteiger partial charge in [-0.3, -0.25) is 29.4 Å². The minimum atomic E-state index is -3.65. The van der Waals surface area contributed by atoms with Crippen molar-refractivity contribution in [1.82, 2.24) is 24.1 Å². The van der Waals surface area contributed by atoms with E-state index in [0.717, 1.165) is 4.90 Å². The highest BCUT2D eigenvalue weighted by Crippen LogP contribution is 2.30. The normalized spacial score (nSPS) is 20.0. The van der Waals surface area contributed by atoms with E-state index in [1.54, 1.807) is 39.0 Å². The molecule has 2 saturated heterocycles. The van der Waals surface area contributed by atoms with Crippen LogP contribution in [-0.2, 0) is 35.7 Å². The lowest BCUT2D eigenvalue weighted by Gasteiger charge is -2.34. The summed E-state index contributed by atoms with van der Waals surface area (Å²) in [7, 11) is -2.11. The number of aryl methyl sites for hydroxylation is 1. The minimum absolute atomic E-state index is 0.0590. The number of alkyl carbamates (subject to hydrolysis) is 1. The molecule has 0 spiro atoms. The zero-order chi connectivity index (χ0) is 32.9. The molecule has 3 aliphatic rings. The standard InChI is InChI=1S/C30H43N5O9S/c1-30(2,3)44-29(40)31-21-13-16-34(17-14-21)45(41,42)33(4)15-7-19-43-18-6-9-20-8-5-10-22-25(20)28(39)35(27(22)38)23-11-12-24(36)32-26(23)37/h5,8,10,21,23H,6-7,9,11-19H2,1-4H3,(H,31,40)(H,32,36,37)/t23-/m1/s1. The van der Waals surface area contributed by atoms with Crippen LogP contribution >= 0.6 is 0 Å². The van der Waals surface area contributed by atoms with Gasteiger partial charge in [0.25, 0.3) is 22.0 Å². The zero-order valence-corrected chi connectivity index (χ0v) is 27.1. The number of nitrogens with one attached hydrogen (secondary N) is 2. The third-order valence-corrected chi connectivity index (χ3v) is 9.93. The molecule has 0 bridgehead atoms. The Labute approximate surface area is 263 Å². The molecular formula is C30H43N5O9S. The topological polar surface area (TPSA) is 172 Å². The first-order chi connectivity index (χ1) is 21.2. The van der Waals surface area contributed by atoms with Crippen LogP contribution in [0.1, 0.15) is 85.6 Å². The van der Waals surface area contributed by atoms with E-state index < -0.39 is 51.6 Å². The molecule has 1 aromatic rings. The molecule has 3 heterocycles. The van der Waals surface area contributed by atoms with Gasteiger partial charge >= 0.3 is 6.09 Å². The number of carbonyl (C=O) groups is 5. The monoisotopic (exact) mass is 649 g/mol. The van der Waals surface area contributed by atoms with Gasteiger partial charge in [0.05, 0.1) is 11.1 Å². The molecule has 0 aromatic heterocycles. The molecule has 2 fully saturated rings. The lowest BCUT2D eigenvalue weighted by atomic mass is 9.99. The van der Waals surface area contributed by atoms with Gasteiger partial charge in [0.15, 0.2) is 0 Å². The Morgan fingerprint density at radius 2 is 1.73 bits per heavy atom. The van der Waals surface area contributed by atoms with Crippen LogP contribution in [0.2, 0.25) is 0 Å². The molecule has 0 unspecified atom stereocenters. The molecule has 5 amide bonds. The van der Waals surface area contributed by atoms with Crippen molar-refractivity contribution in [2.24, 2.45) is 0 Å². The number of nitrogens with zero attached hydrogens (tertiary/aromatic N) is 3. The number of imide groups is 2. The number of carbonyl (C=O) groups excluding carboxylic acids is 5. The maximum absolute atomic E-state index is 13.2. The molecule has 45 heavy (non-hydrogen) atoms. The van der Waals surface area contributed by atoms with E-state index in [1.165, 1.54) is 15.7 Å². The van der Waals surface area contributed by atoms with Crippen LogP contribution in [-0.4, -0.2) is 109 Å². The Kier molecular flexibility index (Phi) is 11.0. The second-order valence-corrected chi connectivity index (χ2v) is 14.5. The van der Waals surface area contributed by atoms with Gasteiger partial charge in [0.2, 0.25) is 11.8 Å². The maximum atomic E-state index is 13.2. The van der Waals surface area contributed by atoms with Crippen molar-refractivity contribution in [1.29, 1.82) is 0 Å². The molecule has 0 saturated carbocycles. The predicted octanol–water partition coefficient (Wildman–Crippen LogP) is 1.59. The fourth-order valence-corrected chi connectivity index (χ4v) is 7.09. The summed E-state index contributed by atoms with van der Waals surface area (Å²) in [6, 6.07) is 3.87. The second-order valence-electron chi connectivity index (χ2n) is 12.5. The van der Waals surface area contributed by atoms with Gasteiger partial charge in [0, 0.05) is 52.4 Å². The Morgan fingerprint density at radius 1 is 1.04 bits per heavy atom. The highest BCUT2D eigenvalue weighted by Gasteiger charge is 2.45. The molecule has 1 aromatic carbocycles. The number of hydrogen-bond donors (Lipinski definition) is 2. The number of ether oxygens (including phenoxy) is 2. The number of amides is 5. The van der Waals surface area contributed by atoms with Crippen LogP contribution in [0.4, 0.5) is 4.79 Å². The molecule has 1 atom stereocenters. The molecule has 248 valence electrons. The first kappa shape index (κ1) is 34.5. The number of hydrogen-bond acceptors (Lipinski definition) is 9. The van der Waals surface area contributed by atoms with E-state index >= 15 is 0 Å². The SMILES string of the molecule is CN(CCCOCCCc1cccc2c1C(=O)N([C@@H]1CCC(=O)NC1=O)C2=O)S(=O)(=O)N1CCC(NC(=O)OC(C)(C)C)CC1. The van der Waals surface area contributed by atoms with Crippen LogP contribution in [0.3, 0.4) is 0 Å². The van der Waals surface area contributed by atoms with E-state index in [0.29, 0.717) is 64.0 Å². The van der Waals surface area contributed by atoms with Gasteiger partial charge in [-0.15, -0.1) is 0 Å². The maximum Gasteiger partial charge on any atom is 0.407 e. The summed E-state index contributed by atoms with van der Waals surface area (Å²) in [6.07, 6.45) is 2.17. The number of rotatable bonds is 12. The van der Waals surface area contributed by atoms with Gasteiger partial charge in [-0.05, 0) is 70.9 Å². The van der Waals surface area contributed by atoms with E-state index in [4.69, 9.17) is 9.47 Å². The predicted molar refractivity (Wildman–Crippen MR) is 162 cm³/mol. The summed E-state index contributed by atoms with van der Waals surface area (Å²) in [4.78, 5) is 63.0. The van der Waals surface area contributed by atoms with Crippen molar-refractivity contribution < 1.29 is 41.9 Å². The molecule has 3 aliphatic heterocycles. The molecular weight excluding hydrogens is 606 g/mol. The highest BCUT2D eigenvalue weighted by molar-refractivity contribution is 7.86. The number of benzene rings is 1. The average molecular weight is 650 g/mol. The summed E-state index contributed by atoms with van der Waals surface area (Å²) in [5.41, 5.74) is 0.605. The van der Waals surface area contributed by atoms with Gasteiger partial charge in [-0.2, -0.15) is 17.0 Å². The smallest absolute Gasteiger partial charge is 0.407 e. The lowest BCUT2D eigenvalue weighted by Crippen LogP contribution is -2.54. The quantitative estimate of drug-likeness (QED) is 0.252. The van der Waals surface area contributed by atoms with Crippen LogP contribution in [0.25, 0.3) is 0 Å². The van der Waals surface area contributed by atoms with Gasteiger partial charge in [0.1, 0.15) is 11.6 Å². The van der Waals surface area contributed by atoms with Crippen molar-refractivity contribution in [3.8, 4) is 0 Å². The van der Waals surface area contributed by atoms with Gasteiger partial charge < -0.3 is 14.8 Å². The van der Waals surface area contributed by atoms with E-state index in [9.17, 15) is 32.4 Å². The number of piperidine rings is 2. The average Bonchev–Trinajstić information content (AvgIpc) is 3.21. The van der Waals surface area contributed by atoms with Crippen molar-refractivity contribution in [2.45, 2.75) is 83.4 Å². The van der Waals surface area contributed by atoms with Crippen molar-refractivity contribution in [2.75, 3.05) is 39.9 Å². The largest absolute Gasteiger partial charge is 0.444 e. The molecule has 15 heteroatoms. The second kappa shape index (κ2) is 14.4. The fraction of sp³-hybridized carbons (Fsp3) is 0.633. The fourth-order valence-electron chi connectivity index (χ4n) is 5.67. The van der Waals surface area contributed by atoms with Crippen molar-refractivity contribution >= 4 is 39.9 Å². The Bertz CT molecular complexity index is 1420. The molecule has 2 N–H and O–H groups in total. The molecule has 0 aliphatic carbocycles. The van der Waals surface area contributed by atoms with E-state index in [-0.39, 0.29) is 36.6 Å². The van der Waals surface area contributed by atoms with Gasteiger partial charge in [-0.1, -0.05) is 12.1 Å². The summed E-state index contributed by atoms with van der Waals surface area (Å²) in [5, 5.41) is 5.01. The van der Waals surface area contributed by atoms with Gasteiger partial charge in [-0.25, -0.2) is 4.79 Å².